The lowest BCUT2D eigenvalue weighted by Gasteiger charge is -2.41. The summed E-state index contributed by atoms with van der Waals surface area (Å²) >= 11 is 1.28. The molecule has 3 aromatic rings. The Kier molecular flexibility index (Phi) is 6.38. The molecule has 2 amide bonds. The van der Waals surface area contributed by atoms with Crippen molar-refractivity contribution in [1.29, 1.82) is 0 Å². The third-order valence-electron chi connectivity index (χ3n) is 5.86. The monoisotopic (exact) mass is 510 g/mol. The maximum absolute atomic E-state index is 13.5. The van der Waals surface area contributed by atoms with E-state index in [2.05, 4.69) is 25.6 Å². The fraction of sp³-hybridized carbons (Fsp3) is 0.409. The SMILES string of the molecule is CC(Nc1nc(C(=O)N2CC(NC(=O)C(C)(C)C(F)(F)F)C2)c2sccc2n1)c1cncc(F)c1. The average Bonchev–Trinajstić information content (AvgIpc) is 3.22. The molecule has 1 atom stereocenters. The minimum absolute atomic E-state index is 0.0590. The second kappa shape index (κ2) is 9.02. The first-order chi connectivity index (χ1) is 16.4. The van der Waals surface area contributed by atoms with E-state index in [4.69, 9.17) is 0 Å². The third kappa shape index (κ3) is 4.90. The van der Waals surface area contributed by atoms with Crippen molar-refractivity contribution in [2.75, 3.05) is 18.4 Å². The quantitative estimate of drug-likeness (QED) is 0.488. The minimum atomic E-state index is -4.69. The van der Waals surface area contributed by atoms with Gasteiger partial charge in [0.15, 0.2) is 5.69 Å². The van der Waals surface area contributed by atoms with Crippen LogP contribution in [0.3, 0.4) is 0 Å². The molecule has 1 fully saturated rings. The largest absolute Gasteiger partial charge is 0.402 e. The number of alkyl halides is 3. The maximum atomic E-state index is 13.5. The molecule has 0 aliphatic carbocycles. The Balaban J connectivity index is 1.47. The zero-order valence-corrected chi connectivity index (χ0v) is 19.8. The molecular formula is C22H22F4N6O2S. The summed E-state index contributed by atoms with van der Waals surface area (Å²) in [6, 6.07) is 2.06. The topological polar surface area (TPSA) is 100 Å². The lowest BCUT2D eigenvalue weighted by Crippen LogP contribution is -2.63. The molecule has 0 radical (unpaired) electrons. The number of aromatic nitrogens is 3. The number of nitrogens with one attached hydrogen (secondary N) is 2. The van der Waals surface area contributed by atoms with Gasteiger partial charge in [0.25, 0.3) is 5.91 Å². The summed E-state index contributed by atoms with van der Waals surface area (Å²) in [6.07, 6.45) is -2.09. The van der Waals surface area contributed by atoms with Crippen molar-refractivity contribution >= 4 is 39.3 Å². The number of hydrogen-bond donors (Lipinski definition) is 2. The first-order valence-electron chi connectivity index (χ1n) is 10.7. The third-order valence-corrected chi connectivity index (χ3v) is 6.77. The van der Waals surface area contributed by atoms with Gasteiger partial charge >= 0.3 is 6.18 Å². The maximum Gasteiger partial charge on any atom is 0.402 e. The second-order valence-corrected chi connectivity index (χ2v) is 9.75. The van der Waals surface area contributed by atoms with Crippen molar-refractivity contribution in [3.63, 3.8) is 0 Å². The van der Waals surface area contributed by atoms with Crippen molar-refractivity contribution in [3.8, 4) is 0 Å². The van der Waals surface area contributed by atoms with E-state index in [1.165, 1.54) is 28.5 Å². The zero-order valence-electron chi connectivity index (χ0n) is 19.0. The van der Waals surface area contributed by atoms with Crippen LogP contribution < -0.4 is 10.6 Å². The molecule has 2 N–H and O–H groups in total. The van der Waals surface area contributed by atoms with Crippen LogP contribution >= 0.6 is 11.3 Å². The van der Waals surface area contributed by atoms with Gasteiger partial charge in [-0.05, 0) is 43.8 Å². The van der Waals surface area contributed by atoms with Gasteiger partial charge < -0.3 is 15.5 Å². The summed E-state index contributed by atoms with van der Waals surface area (Å²) < 4.78 is 53.4. The molecule has 0 saturated carbocycles. The molecule has 4 heterocycles. The van der Waals surface area contributed by atoms with Crippen molar-refractivity contribution in [2.24, 2.45) is 5.41 Å². The van der Waals surface area contributed by atoms with Crippen LogP contribution in [0.1, 0.15) is 42.9 Å². The number of likely N-dealkylation sites (tertiary alicyclic amines) is 1. The minimum Gasteiger partial charge on any atom is -0.349 e. The molecule has 4 rings (SSSR count). The number of hydrogen-bond acceptors (Lipinski definition) is 7. The number of pyridine rings is 1. The number of rotatable bonds is 6. The van der Waals surface area contributed by atoms with Crippen LogP contribution in [0.5, 0.6) is 0 Å². The number of anilines is 1. The Labute approximate surface area is 201 Å². The van der Waals surface area contributed by atoms with Crippen molar-refractivity contribution in [1.82, 2.24) is 25.2 Å². The van der Waals surface area contributed by atoms with Crippen LogP contribution in [0, 0.1) is 11.2 Å². The number of thiophene rings is 1. The molecule has 35 heavy (non-hydrogen) atoms. The lowest BCUT2D eigenvalue weighted by atomic mass is 9.90. The van der Waals surface area contributed by atoms with Crippen LogP contribution in [0.15, 0.2) is 29.9 Å². The summed E-state index contributed by atoms with van der Waals surface area (Å²) in [5.74, 6) is -1.90. The molecule has 1 saturated heterocycles. The van der Waals surface area contributed by atoms with E-state index in [9.17, 15) is 27.2 Å². The number of halogens is 4. The molecule has 3 aromatic heterocycles. The number of fused-ring (bicyclic) bond motifs is 1. The Morgan fingerprint density at radius 3 is 2.57 bits per heavy atom. The normalized spacial score (nSPS) is 15.6. The van der Waals surface area contributed by atoms with E-state index in [1.807, 2.05) is 0 Å². The van der Waals surface area contributed by atoms with Gasteiger partial charge in [0.2, 0.25) is 11.9 Å². The molecule has 8 nitrogen and oxygen atoms in total. The fourth-order valence-corrected chi connectivity index (χ4v) is 4.21. The first-order valence-corrected chi connectivity index (χ1v) is 11.5. The summed E-state index contributed by atoms with van der Waals surface area (Å²) in [5.41, 5.74) is -1.30. The number of amides is 2. The van der Waals surface area contributed by atoms with E-state index in [1.54, 1.807) is 18.4 Å². The predicted molar refractivity (Wildman–Crippen MR) is 121 cm³/mol. The summed E-state index contributed by atoms with van der Waals surface area (Å²) in [4.78, 5) is 39.2. The average molecular weight is 511 g/mol. The molecule has 0 aromatic carbocycles. The molecule has 13 heteroatoms. The lowest BCUT2D eigenvalue weighted by molar-refractivity contribution is -0.212. The van der Waals surface area contributed by atoms with E-state index < -0.39 is 41.3 Å². The molecule has 1 aliphatic rings. The van der Waals surface area contributed by atoms with E-state index in [0.29, 0.717) is 15.8 Å². The fourth-order valence-electron chi connectivity index (χ4n) is 3.40. The highest BCUT2D eigenvalue weighted by atomic mass is 32.1. The van der Waals surface area contributed by atoms with Crippen LogP contribution in [0.25, 0.3) is 10.2 Å². The van der Waals surface area contributed by atoms with Crippen molar-refractivity contribution < 1.29 is 27.2 Å². The van der Waals surface area contributed by atoms with Gasteiger partial charge in [-0.2, -0.15) is 13.2 Å². The zero-order chi connectivity index (χ0) is 25.5. The molecular weight excluding hydrogens is 488 g/mol. The van der Waals surface area contributed by atoms with Crippen molar-refractivity contribution in [3.05, 3.63) is 47.0 Å². The summed E-state index contributed by atoms with van der Waals surface area (Å²) in [7, 11) is 0. The van der Waals surface area contributed by atoms with Crippen LogP contribution in [-0.4, -0.2) is 57.0 Å². The first kappa shape index (κ1) is 24.8. The van der Waals surface area contributed by atoms with Gasteiger partial charge in [-0.3, -0.25) is 14.6 Å². The van der Waals surface area contributed by atoms with Gasteiger partial charge in [-0.15, -0.1) is 11.3 Å². The molecule has 1 aliphatic heterocycles. The van der Waals surface area contributed by atoms with Gasteiger partial charge in [0.1, 0.15) is 11.2 Å². The standard InChI is InChI=1S/C22H22F4N6O2S/c1-11(12-6-13(23)8-27-7-12)28-20-30-15-4-5-35-17(15)16(31-20)18(33)32-9-14(10-32)29-19(34)21(2,3)22(24,25)26/h4-8,11,14H,9-10H2,1-3H3,(H,29,34)(H,28,30,31). The van der Waals surface area contributed by atoms with Crippen LogP contribution in [0.4, 0.5) is 23.5 Å². The van der Waals surface area contributed by atoms with E-state index in [0.717, 1.165) is 20.0 Å². The van der Waals surface area contributed by atoms with Gasteiger partial charge in [-0.1, -0.05) is 0 Å². The Morgan fingerprint density at radius 2 is 1.91 bits per heavy atom. The summed E-state index contributed by atoms with van der Waals surface area (Å²) in [5, 5.41) is 7.17. The Hall–Kier alpha value is -3.35. The van der Waals surface area contributed by atoms with Gasteiger partial charge in [0, 0.05) is 19.3 Å². The number of nitrogens with zero attached hydrogens (tertiary/aromatic N) is 4. The number of carbonyl (C=O) groups is 2. The highest BCUT2D eigenvalue weighted by Crippen LogP contribution is 2.38. The molecule has 0 spiro atoms. The Bertz CT molecular complexity index is 1270. The van der Waals surface area contributed by atoms with Crippen LogP contribution in [0.2, 0.25) is 0 Å². The van der Waals surface area contributed by atoms with Crippen molar-refractivity contribution in [2.45, 2.75) is 39.0 Å². The molecule has 0 bridgehead atoms. The predicted octanol–water partition coefficient (Wildman–Crippen LogP) is 3.93. The van der Waals surface area contributed by atoms with E-state index in [-0.39, 0.29) is 24.7 Å². The van der Waals surface area contributed by atoms with Crippen LogP contribution in [-0.2, 0) is 4.79 Å². The van der Waals surface area contributed by atoms with E-state index >= 15 is 0 Å². The summed E-state index contributed by atoms with van der Waals surface area (Å²) in [6.45, 7) is 3.51. The molecule has 186 valence electrons. The van der Waals surface area contributed by atoms with Gasteiger partial charge in [-0.25, -0.2) is 14.4 Å². The highest BCUT2D eigenvalue weighted by Gasteiger charge is 2.53. The smallest absolute Gasteiger partial charge is 0.349 e. The van der Waals surface area contributed by atoms with Gasteiger partial charge in [0.05, 0.1) is 28.5 Å². The Morgan fingerprint density at radius 1 is 1.20 bits per heavy atom. The molecule has 1 unspecified atom stereocenters. The second-order valence-electron chi connectivity index (χ2n) is 8.84. The number of carbonyl (C=O) groups excluding carboxylic acids is 2. The highest BCUT2D eigenvalue weighted by molar-refractivity contribution is 7.17.